The van der Waals surface area contributed by atoms with Crippen LogP contribution in [0.15, 0.2) is 66.7 Å². The van der Waals surface area contributed by atoms with Crippen molar-refractivity contribution in [3.05, 3.63) is 100 Å². The zero-order chi connectivity index (χ0) is 25.8. The van der Waals surface area contributed by atoms with Gasteiger partial charge in [-0.15, -0.1) is 0 Å². The lowest BCUT2D eigenvalue weighted by Gasteiger charge is -2.17. The lowest BCUT2D eigenvalue weighted by atomic mass is 10.0. The summed E-state index contributed by atoms with van der Waals surface area (Å²) in [5, 5.41) is 5.81. The first-order chi connectivity index (χ1) is 17.3. The fourth-order valence-corrected chi connectivity index (χ4v) is 4.77. The van der Waals surface area contributed by atoms with E-state index in [9.17, 15) is 19.2 Å². The minimum Gasteiger partial charge on any atom is -0.349 e. The van der Waals surface area contributed by atoms with Gasteiger partial charge in [-0.1, -0.05) is 36.4 Å². The minimum atomic E-state index is -0.394. The number of aryl methyl sites for hydroxylation is 1. The van der Waals surface area contributed by atoms with Crippen LogP contribution in [0.4, 0.5) is 5.69 Å². The Labute approximate surface area is 214 Å². The molecule has 0 unspecified atom stereocenters. The van der Waals surface area contributed by atoms with Gasteiger partial charge in [0.2, 0.25) is 0 Å². The fraction of sp³-hybridized carbons (Fsp3) is 0.214. The van der Waals surface area contributed by atoms with E-state index >= 15 is 0 Å². The molecule has 36 heavy (non-hydrogen) atoms. The third-order valence-corrected chi connectivity index (χ3v) is 6.80. The number of carbonyl (C=O) groups is 4. The second kappa shape index (κ2) is 10.8. The molecule has 3 aromatic rings. The quantitative estimate of drug-likeness (QED) is 0.443. The van der Waals surface area contributed by atoms with E-state index in [2.05, 4.69) is 10.6 Å². The van der Waals surface area contributed by atoms with Gasteiger partial charge in [-0.25, -0.2) is 0 Å². The Bertz CT molecular complexity index is 1320. The molecule has 8 heteroatoms. The van der Waals surface area contributed by atoms with Gasteiger partial charge in [0, 0.05) is 17.5 Å². The van der Waals surface area contributed by atoms with Gasteiger partial charge in [0.05, 0.1) is 28.8 Å². The van der Waals surface area contributed by atoms with E-state index in [0.29, 0.717) is 22.4 Å². The molecule has 0 bridgehead atoms. The second-order valence-corrected chi connectivity index (χ2v) is 9.63. The number of thioether (sulfide) groups is 1. The number of hydrogen-bond donors (Lipinski definition) is 2. The molecule has 0 spiro atoms. The van der Waals surface area contributed by atoms with E-state index in [1.54, 1.807) is 72.4 Å². The highest BCUT2D eigenvalue weighted by Gasteiger charge is 2.35. The topological polar surface area (TPSA) is 95.6 Å². The Hall–Kier alpha value is -3.91. The number of fused-ring (bicyclic) bond motifs is 1. The van der Waals surface area contributed by atoms with Crippen molar-refractivity contribution in [3.63, 3.8) is 0 Å². The van der Waals surface area contributed by atoms with Crippen molar-refractivity contribution in [1.82, 2.24) is 10.2 Å². The van der Waals surface area contributed by atoms with Crippen molar-refractivity contribution in [1.29, 1.82) is 0 Å². The molecule has 0 radical (unpaired) electrons. The standard InChI is InChI=1S/C28H27N3O4S/c1-17-14-19(15-31-27(34)22-10-6-7-11-23(22)28(31)35)12-13-24(17)30-26(33)21-9-5-4-8-20(21)25(32)29-18(2)16-36-3/h4-14,18H,15-16H2,1-3H3,(H,29,32)(H,30,33)/t18-/m0/s1. The maximum absolute atomic E-state index is 13.1. The molecule has 0 aliphatic carbocycles. The highest BCUT2D eigenvalue weighted by Crippen LogP contribution is 2.26. The molecule has 2 N–H and O–H groups in total. The van der Waals surface area contributed by atoms with Crippen LogP contribution in [0.5, 0.6) is 0 Å². The van der Waals surface area contributed by atoms with Gasteiger partial charge >= 0.3 is 0 Å². The van der Waals surface area contributed by atoms with Crippen LogP contribution in [0.25, 0.3) is 0 Å². The zero-order valence-electron chi connectivity index (χ0n) is 20.3. The minimum absolute atomic E-state index is 0.0273. The van der Waals surface area contributed by atoms with Crippen molar-refractivity contribution >= 4 is 41.1 Å². The summed E-state index contributed by atoms with van der Waals surface area (Å²) in [5.41, 5.74) is 3.53. The summed E-state index contributed by atoms with van der Waals surface area (Å²) < 4.78 is 0. The van der Waals surface area contributed by atoms with Crippen LogP contribution in [0, 0.1) is 6.92 Å². The number of carbonyl (C=O) groups excluding carboxylic acids is 4. The first kappa shape index (κ1) is 25.2. The van der Waals surface area contributed by atoms with Crippen LogP contribution in [0.3, 0.4) is 0 Å². The first-order valence-electron chi connectivity index (χ1n) is 11.5. The van der Waals surface area contributed by atoms with E-state index in [0.717, 1.165) is 16.9 Å². The second-order valence-electron chi connectivity index (χ2n) is 8.72. The first-order valence-corrected chi connectivity index (χ1v) is 12.9. The molecule has 0 aromatic heterocycles. The third kappa shape index (κ3) is 5.18. The van der Waals surface area contributed by atoms with Crippen molar-refractivity contribution in [3.8, 4) is 0 Å². The average molecular weight is 502 g/mol. The van der Waals surface area contributed by atoms with Gasteiger partial charge in [0.25, 0.3) is 23.6 Å². The number of rotatable bonds is 8. The van der Waals surface area contributed by atoms with Crippen LogP contribution in [-0.4, -0.2) is 46.6 Å². The molecule has 1 aliphatic heterocycles. The van der Waals surface area contributed by atoms with Crippen LogP contribution in [-0.2, 0) is 6.54 Å². The maximum atomic E-state index is 13.1. The predicted octanol–water partition coefficient (Wildman–Crippen LogP) is 4.52. The summed E-state index contributed by atoms with van der Waals surface area (Å²) in [6.07, 6.45) is 1.97. The van der Waals surface area contributed by atoms with Gasteiger partial charge < -0.3 is 10.6 Å². The molecule has 0 saturated carbocycles. The molecule has 7 nitrogen and oxygen atoms in total. The number of nitrogens with one attached hydrogen (secondary N) is 2. The Kier molecular flexibility index (Phi) is 7.55. The number of benzene rings is 3. The van der Waals surface area contributed by atoms with Crippen LogP contribution in [0.2, 0.25) is 0 Å². The van der Waals surface area contributed by atoms with Crippen molar-refractivity contribution in [2.75, 3.05) is 17.3 Å². The van der Waals surface area contributed by atoms with Gasteiger partial charge in [0.1, 0.15) is 0 Å². The van der Waals surface area contributed by atoms with Gasteiger partial charge in [-0.05, 0) is 61.6 Å². The smallest absolute Gasteiger partial charge is 0.261 e. The molecular weight excluding hydrogens is 474 g/mol. The fourth-order valence-electron chi connectivity index (χ4n) is 4.19. The molecule has 0 fully saturated rings. The predicted molar refractivity (Wildman–Crippen MR) is 142 cm³/mol. The van der Waals surface area contributed by atoms with Crippen LogP contribution >= 0.6 is 11.8 Å². The van der Waals surface area contributed by atoms with Crippen LogP contribution < -0.4 is 10.6 Å². The Morgan fingerprint density at radius 3 is 2.06 bits per heavy atom. The Balaban J connectivity index is 1.47. The van der Waals surface area contributed by atoms with E-state index < -0.39 is 5.91 Å². The number of nitrogens with zero attached hydrogens (tertiary/aromatic N) is 1. The number of imide groups is 1. The van der Waals surface area contributed by atoms with E-state index in [-0.39, 0.29) is 35.9 Å². The summed E-state index contributed by atoms with van der Waals surface area (Å²) in [7, 11) is 0. The molecule has 4 amide bonds. The van der Waals surface area contributed by atoms with E-state index in [1.165, 1.54) is 4.90 Å². The molecular formula is C28H27N3O4S. The Morgan fingerprint density at radius 2 is 1.47 bits per heavy atom. The highest BCUT2D eigenvalue weighted by molar-refractivity contribution is 7.98. The average Bonchev–Trinajstić information content (AvgIpc) is 3.10. The largest absolute Gasteiger partial charge is 0.349 e. The normalized spacial score (nSPS) is 13.4. The zero-order valence-corrected chi connectivity index (χ0v) is 21.1. The maximum Gasteiger partial charge on any atom is 0.261 e. The summed E-state index contributed by atoms with van der Waals surface area (Å²) in [4.78, 5) is 52.4. The summed E-state index contributed by atoms with van der Waals surface area (Å²) in [6.45, 7) is 3.90. The highest BCUT2D eigenvalue weighted by atomic mass is 32.2. The Morgan fingerprint density at radius 1 is 0.889 bits per heavy atom. The number of amides is 4. The molecule has 184 valence electrons. The molecule has 3 aromatic carbocycles. The molecule has 1 aliphatic rings. The van der Waals surface area contributed by atoms with Gasteiger partial charge in [-0.3, -0.25) is 24.1 Å². The SMILES string of the molecule is CSC[C@H](C)NC(=O)c1ccccc1C(=O)Nc1ccc(CN2C(=O)c3ccccc3C2=O)cc1C. The van der Waals surface area contributed by atoms with Gasteiger partial charge in [0.15, 0.2) is 0 Å². The van der Waals surface area contributed by atoms with E-state index in [1.807, 2.05) is 26.2 Å². The number of anilines is 1. The summed E-state index contributed by atoms with van der Waals surface area (Å²) >= 11 is 1.63. The van der Waals surface area contributed by atoms with Crippen molar-refractivity contribution in [2.45, 2.75) is 26.4 Å². The molecule has 4 rings (SSSR count). The van der Waals surface area contributed by atoms with Crippen molar-refractivity contribution < 1.29 is 19.2 Å². The van der Waals surface area contributed by atoms with Crippen molar-refractivity contribution in [2.24, 2.45) is 0 Å². The molecule has 0 saturated heterocycles. The molecule has 1 heterocycles. The lowest BCUT2D eigenvalue weighted by molar-refractivity contribution is 0.0641. The lowest BCUT2D eigenvalue weighted by Crippen LogP contribution is -2.35. The van der Waals surface area contributed by atoms with Crippen LogP contribution in [0.1, 0.15) is 59.5 Å². The number of hydrogen-bond acceptors (Lipinski definition) is 5. The monoisotopic (exact) mass is 501 g/mol. The van der Waals surface area contributed by atoms with Gasteiger partial charge in [-0.2, -0.15) is 11.8 Å². The van der Waals surface area contributed by atoms with E-state index in [4.69, 9.17) is 0 Å². The third-order valence-electron chi connectivity index (χ3n) is 5.97. The summed E-state index contributed by atoms with van der Waals surface area (Å²) in [5.74, 6) is -0.545. The molecule has 1 atom stereocenters. The summed E-state index contributed by atoms with van der Waals surface area (Å²) in [6, 6.07) is 18.8.